The number of nitrogens with zero attached hydrogens (tertiary/aromatic N) is 3. The molecule has 0 spiro atoms. The lowest BCUT2D eigenvalue weighted by Crippen LogP contribution is -1.99. The largest absolute Gasteiger partial charge is 0.381 e. The summed E-state index contributed by atoms with van der Waals surface area (Å²) >= 11 is 1.47. The molecule has 3 aromatic rings. The van der Waals surface area contributed by atoms with Crippen LogP contribution in [0.25, 0.3) is 21.3 Å². The summed E-state index contributed by atoms with van der Waals surface area (Å²) < 4.78 is 23.8. The van der Waals surface area contributed by atoms with Crippen LogP contribution in [0, 0.1) is 12.7 Å². The minimum atomic E-state index is -0.262. The highest BCUT2D eigenvalue weighted by molar-refractivity contribution is 7.18. The summed E-state index contributed by atoms with van der Waals surface area (Å²) in [7, 11) is 0. The molecule has 4 rings (SSSR count). The molecule has 0 bridgehead atoms. The molecule has 1 atom stereocenters. The third kappa shape index (κ3) is 2.77. The molecule has 0 radical (unpaired) electrons. The van der Waals surface area contributed by atoms with Crippen molar-refractivity contribution in [1.82, 2.24) is 15.1 Å². The van der Waals surface area contributed by atoms with Gasteiger partial charge in [-0.05, 0) is 37.6 Å². The van der Waals surface area contributed by atoms with Gasteiger partial charge in [-0.15, -0.1) is 11.3 Å². The van der Waals surface area contributed by atoms with Crippen LogP contribution in [0.15, 0.2) is 28.8 Å². The van der Waals surface area contributed by atoms with E-state index in [9.17, 15) is 4.39 Å². The van der Waals surface area contributed by atoms with Crippen molar-refractivity contribution in [2.75, 3.05) is 13.2 Å². The second kappa shape index (κ2) is 5.82. The van der Waals surface area contributed by atoms with Gasteiger partial charge in [0.2, 0.25) is 0 Å². The number of hydrogen-bond acceptors (Lipinski definition) is 6. The molecule has 1 aliphatic heterocycles. The number of rotatable bonds is 3. The van der Waals surface area contributed by atoms with E-state index >= 15 is 0 Å². The number of aryl methyl sites for hydroxylation is 1. The summed E-state index contributed by atoms with van der Waals surface area (Å²) in [5, 5.41) is 4.88. The lowest BCUT2D eigenvalue weighted by molar-refractivity contribution is 0.192. The van der Waals surface area contributed by atoms with Crippen molar-refractivity contribution in [1.29, 1.82) is 0 Å². The topological polar surface area (TPSA) is 61.0 Å². The van der Waals surface area contributed by atoms with Crippen LogP contribution in [0.2, 0.25) is 0 Å². The number of thiazole rings is 1. The number of ether oxygens (including phenoxy) is 1. The van der Waals surface area contributed by atoms with Gasteiger partial charge in [-0.2, -0.15) is 4.98 Å². The minimum absolute atomic E-state index is 0.206. The second-order valence-corrected chi connectivity index (χ2v) is 6.46. The minimum Gasteiger partial charge on any atom is -0.381 e. The highest BCUT2D eigenvalue weighted by atomic mass is 32.1. The Kier molecular flexibility index (Phi) is 3.66. The van der Waals surface area contributed by atoms with Gasteiger partial charge in [0, 0.05) is 18.1 Å². The molecule has 1 saturated heterocycles. The maximum atomic E-state index is 13.0. The first-order chi connectivity index (χ1) is 11.2. The van der Waals surface area contributed by atoms with E-state index in [0.29, 0.717) is 18.3 Å². The zero-order valence-corrected chi connectivity index (χ0v) is 13.3. The first kappa shape index (κ1) is 14.5. The molecule has 5 nitrogen and oxygen atoms in total. The molecule has 1 unspecified atom stereocenters. The lowest BCUT2D eigenvalue weighted by atomic mass is 10.1. The Labute approximate surface area is 136 Å². The molecule has 1 fully saturated rings. The van der Waals surface area contributed by atoms with Gasteiger partial charge in [0.25, 0.3) is 5.89 Å². The lowest BCUT2D eigenvalue weighted by Gasteiger charge is -1.97. The second-order valence-electron chi connectivity index (χ2n) is 5.46. The average Bonchev–Trinajstić information content (AvgIpc) is 3.27. The predicted molar refractivity (Wildman–Crippen MR) is 83.7 cm³/mol. The van der Waals surface area contributed by atoms with Crippen LogP contribution >= 0.6 is 11.3 Å². The number of halogens is 1. The Hall–Kier alpha value is -2.12. The molecular weight excluding hydrogens is 317 g/mol. The van der Waals surface area contributed by atoms with Gasteiger partial charge < -0.3 is 9.26 Å². The summed E-state index contributed by atoms with van der Waals surface area (Å²) in [6.45, 7) is 3.28. The fraction of sp³-hybridized carbons (Fsp3) is 0.312. The Balaban J connectivity index is 1.65. The predicted octanol–water partition coefficient (Wildman–Crippen LogP) is 3.81. The van der Waals surface area contributed by atoms with Crippen LogP contribution in [0.1, 0.15) is 23.9 Å². The summed E-state index contributed by atoms with van der Waals surface area (Å²) in [4.78, 5) is 9.88. The normalized spacial score (nSPS) is 17.7. The zero-order chi connectivity index (χ0) is 15.8. The summed E-state index contributed by atoms with van der Waals surface area (Å²) in [6, 6.07) is 6.28. The van der Waals surface area contributed by atoms with E-state index in [2.05, 4.69) is 15.1 Å². The fourth-order valence-electron chi connectivity index (χ4n) is 2.54. The number of aromatic nitrogens is 3. The summed E-state index contributed by atoms with van der Waals surface area (Å²) in [5.74, 6) is 1.11. The van der Waals surface area contributed by atoms with E-state index < -0.39 is 0 Å². The molecule has 0 amide bonds. The number of benzene rings is 1. The molecule has 23 heavy (non-hydrogen) atoms. The monoisotopic (exact) mass is 331 g/mol. The molecule has 0 saturated carbocycles. The van der Waals surface area contributed by atoms with Gasteiger partial charge in [0.15, 0.2) is 5.82 Å². The van der Waals surface area contributed by atoms with Crippen LogP contribution in [-0.2, 0) is 4.74 Å². The van der Waals surface area contributed by atoms with E-state index in [1.54, 1.807) is 12.1 Å². The van der Waals surface area contributed by atoms with Crippen LogP contribution in [0.5, 0.6) is 0 Å². The standard InChI is InChI=1S/C16H14FN3O2S/c1-9-13(15-19-14(20-22-15)11-6-7-21-8-11)23-16(18-9)10-2-4-12(17)5-3-10/h2-5,11H,6-8H2,1H3. The van der Waals surface area contributed by atoms with Gasteiger partial charge >= 0.3 is 0 Å². The van der Waals surface area contributed by atoms with Crippen molar-refractivity contribution in [3.63, 3.8) is 0 Å². The van der Waals surface area contributed by atoms with E-state index in [-0.39, 0.29) is 11.7 Å². The molecular formula is C16H14FN3O2S. The van der Waals surface area contributed by atoms with E-state index in [4.69, 9.17) is 9.26 Å². The van der Waals surface area contributed by atoms with Crippen LogP contribution in [0.3, 0.4) is 0 Å². The summed E-state index contributed by atoms with van der Waals surface area (Å²) in [5.41, 5.74) is 1.70. The van der Waals surface area contributed by atoms with Gasteiger partial charge in [-0.25, -0.2) is 9.37 Å². The molecule has 2 aromatic heterocycles. The SMILES string of the molecule is Cc1nc(-c2ccc(F)cc2)sc1-c1nc(C2CCOC2)no1. The Bertz CT molecular complexity index is 822. The first-order valence-electron chi connectivity index (χ1n) is 7.36. The Morgan fingerprint density at radius 3 is 2.78 bits per heavy atom. The third-order valence-corrected chi connectivity index (χ3v) is 5.01. The highest BCUT2D eigenvalue weighted by Crippen LogP contribution is 2.35. The van der Waals surface area contributed by atoms with Gasteiger partial charge in [-0.3, -0.25) is 0 Å². The van der Waals surface area contributed by atoms with Crippen molar-refractivity contribution >= 4 is 11.3 Å². The van der Waals surface area contributed by atoms with Crippen LogP contribution in [-0.4, -0.2) is 28.3 Å². The molecule has 7 heteroatoms. The quantitative estimate of drug-likeness (QED) is 0.730. The van der Waals surface area contributed by atoms with Crippen molar-refractivity contribution in [2.45, 2.75) is 19.3 Å². The van der Waals surface area contributed by atoms with E-state index in [1.807, 2.05) is 6.92 Å². The smallest absolute Gasteiger partial charge is 0.269 e. The number of hydrogen-bond donors (Lipinski definition) is 0. The van der Waals surface area contributed by atoms with Crippen molar-refractivity contribution in [3.05, 3.63) is 41.6 Å². The fourth-order valence-corrected chi connectivity index (χ4v) is 3.54. The van der Waals surface area contributed by atoms with E-state index in [1.165, 1.54) is 23.5 Å². The molecule has 1 aromatic carbocycles. The molecule has 0 N–H and O–H groups in total. The van der Waals surface area contributed by atoms with Crippen LogP contribution in [0.4, 0.5) is 4.39 Å². The summed E-state index contributed by atoms with van der Waals surface area (Å²) in [6.07, 6.45) is 0.918. The molecule has 118 valence electrons. The molecule has 3 heterocycles. The maximum Gasteiger partial charge on any atom is 0.269 e. The van der Waals surface area contributed by atoms with Crippen molar-refractivity contribution in [2.24, 2.45) is 0 Å². The van der Waals surface area contributed by atoms with Gasteiger partial charge in [0.1, 0.15) is 15.7 Å². The average molecular weight is 331 g/mol. The van der Waals surface area contributed by atoms with Crippen molar-refractivity contribution < 1.29 is 13.7 Å². The first-order valence-corrected chi connectivity index (χ1v) is 8.17. The third-order valence-electron chi connectivity index (χ3n) is 3.82. The van der Waals surface area contributed by atoms with Gasteiger partial charge in [-0.1, -0.05) is 5.16 Å². The molecule has 1 aliphatic rings. The van der Waals surface area contributed by atoms with Crippen molar-refractivity contribution in [3.8, 4) is 21.3 Å². The Morgan fingerprint density at radius 2 is 2.04 bits per heavy atom. The zero-order valence-electron chi connectivity index (χ0n) is 12.5. The Morgan fingerprint density at radius 1 is 1.22 bits per heavy atom. The van der Waals surface area contributed by atoms with E-state index in [0.717, 1.165) is 34.2 Å². The van der Waals surface area contributed by atoms with Gasteiger partial charge in [0.05, 0.1) is 12.3 Å². The maximum absolute atomic E-state index is 13.0. The molecule has 0 aliphatic carbocycles. The highest BCUT2D eigenvalue weighted by Gasteiger charge is 2.25. The van der Waals surface area contributed by atoms with Crippen LogP contribution < -0.4 is 0 Å².